The molecule has 1 aromatic rings. The third-order valence-electron chi connectivity index (χ3n) is 2.58. The van der Waals surface area contributed by atoms with Crippen LogP contribution in [0.5, 0.6) is 0 Å². The maximum Gasteiger partial charge on any atom is 0.211 e. The third-order valence-corrected chi connectivity index (χ3v) is 4.16. The molecule has 1 aliphatic rings. The fraction of sp³-hybridized carbons (Fsp3) is 0.636. The van der Waals surface area contributed by atoms with Gasteiger partial charge >= 0.3 is 0 Å². The Bertz CT molecular complexity index is 414. The number of ether oxygens (including phenoxy) is 1. The Morgan fingerprint density at radius 3 is 3.06 bits per heavy atom. The first-order chi connectivity index (χ1) is 8.11. The van der Waals surface area contributed by atoms with E-state index in [9.17, 15) is 4.79 Å². The third kappa shape index (κ3) is 2.74. The lowest BCUT2D eigenvalue weighted by atomic mass is 10.2. The average Bonchev–Trinajstić information content (AvgIpc) is 2.71. The Balaban J connectivity index is 2.26. The van der Waals surface area contributed by atoms with E-state index in [1.165, 1.54) is 0 Å². The van der Waals surface area contributed by atoms with Gasteiger partial charge in [-0.3, -0.25) is 9.48 Å². The quantitative estimate of drug-likeness (QED) is 0.803. The largest absolute Gasteiger partial charge is 0.368 e. The molecule has 0 radical (unpaired) electrons. The zero-order valence-electron chi connectivity index (χ0n) is 9.85. The summed E-state index contributed by atoms with van der Waals surface area (Å²) in [5, 5.41) is 4.22. The summed E-state index contributed by atoms with van der Waals surface area (Å²) in [7, 11) is 0. The molecule has 1 saturated heterocycles. The molecule has 1 atom stereocenters. The summed E-state index contributed by atoms with van der Waals surface area (Å²) in [6.07, 6.45) is 1.34. The molecular formula is C11H15BrN2O2S. The van der Waals surface area contributed by atoms with Gasteiger partial charge in [-0.2, -0.15) is 16.9 Å². The highest BCUT2D eigenvalue weighted by atomic mass is 79.9. The van der Waals surface area contributed by atoms with Crippen LogP contribution in [0.3, 0.4) is 0 Å². The van der Waals surface area contributed by atoms with Crippen molar-refractivity contribution >= 4 is 33.5 Å². The van der Waals surface area contributed by atoms with Crippen LogP contribution in [0.1, 0.15) is 30.4 Å². The zero-order valence-corrected chi connectivity index (χ0v) is 12.3. The molecule has 1 unspecified atom stereocenters. The van der Waals surface area contributed by atoms with Crippen molar-refractivity contribution in [1.29, 1.82) is 0 Å². The van der Waals surface area contributed by atoms with Crippen molar-refractivity contribution in [2.45, 2.75) is 26.0 Å². The predicted molar refractivity (Wildman–Crippen MR) is 71.7 cm³/mol. The van der Waals surface area contributed by atoms with Gasteiger partial charge < -0.3 is 4.74 Å². The van der Waals surface area contributed by atoms with Gasteiger partial charge in [-0.25, -0.2) is 0 Å². The summed E-state index contributed by atoms with van der Waals surface area (Å²) in [4.78, 5) is 12.4. The molecule has 2 heterocycles. The van der Waals surface area contributed by atoms with Crippen LogP contribution in [0.4, 0.5) is 0 Å². The number of thioether (sulfide) groups is 1. The van der Waals surface area contributed by atoms with E-state index in [1.54, 1.807) is 22.6 Å². The Labute approximate surface area is 113 Å². The molecule has 0 spiro atoms. The lowest BCUT2D eigenvalue weighted by Gasteiger charge is -2.22. The average molecular weight is 319 g/mol. The summed E-state index contributed by atoms with van der Waals surface area (Å²) < 4.78 is 8.01. The molecular weight excluding hydrogens is 304 g/mol. The highest BCUT2D eigenvalue weighted by Gasteiger charge is 2.28. The number of rotatable bonds is 3. The Hall–Kier alpha value is -0.330. The molecule has 0 saturated carbocycles. The SMILES string of the molecule is CC(C)n1ncc(Br)c1C(=O)C1CSCCO1. The summed E-state index contributed by atoms with van der Waals surface area (Å²) in [5.41, 5.74) is 0.618. The minimum absolute atomic E-state index is 0.0234. The number of Topliss-reactive ketones (excluding diaryl/α,β-unsaturated/α-hetero) is 1. The van der Waals surface area contributed by atoms with Crippen LogP contribution >= 0.6 is 27.7 Å². The van der Waals surface area contributed by atoms with E-state index in [0.29, 0.717) is 12.3 Å². The van der Waals surface area contributed by atoms with E-state index in [4.69, 9.17) is 4.74 Å². The number of ketones is 1. The maximum absolute atomic E-state index is 12.4. The van der Waals surface area contributed by atoms with Crippen molar-refractivity contribution in [3.63, 3.8) is 0 Å². The van der Waals surface area contributed by atoms with Crippen LogP contribution in [-0.2, 0) is 4.74 Å². The predicted octanol–water partition coefficient (Wildman–Crippen LogP) is 2.54. The fourth-order valence-corrected chi connectivity index (χ4v) is 3.07. The number of nitrogens with zero attached hydrogens (tertiary/aromatic N) is 2. The van der Waals surface area contributed by atoms with Crippen LogP contribution in [0.15, 0.2) is 10.7 Å². The minimum Gasteiger partial charge on any atom is -0.368 e. The van der Waals surface area contributed by atoms with Gasteiger partial charge in [0.05, 0.1) is 17.3 Å². The highest BCUT2D eigenvalue weighted by molar-refractivity contribution is 9.10. The number of halogens is 1. The van der Waals surface area contributed by atoms with Crippen molar-refractivity contribution in [2.75, 3.05) is 18.1 Å². The summed E-state index contributed by atoms with van der Waals surface area (Å²) in [6.45, 7) is 4.66. The standard InChI is InChI=1S/C11H15BrN2O2S/c1-7(2)14-10(8(12)5-13-14)11(15)9-6-17-4-3-16-9/h5,7,9H,3-4,6H2,1-2H3. The number of aromatic nitrogens is 2. The van der Waals surface area contributed by atoms with Crippen molar-refractivity contribution in [1.82, 2.24) is 9.78 Å². The van der Waals surface area contributed by atoms with Gasteiger partial charge in [0, 0.05) is 17.5 Å². The molecule has 0 N–H and O–H groups in total. The van der Waals surface area contributed by atoms with Gasteiger partial charge in [0.25, 0.3) is 0 Å². The second-order valence-electron chi connectivity index (χ2n) is 4.18. The number of hydrogen-bond acceptors (Lipinski definition) is 4. The first-order valence-corrected chi connectivity index (χ1v) is 7.52. The molecule has 94 valence electrons. The molecule has 0 amide bonds. The van der Waals surface area contributed by atoms with Gasteiger partial charge in [0.15, 0.2) is 0 Å². The molecule has 6 heteroatoms. The second kappa shape index (κ2) is 5.54. The van der Waals surface area contributed by atoms with Gasteiger partial charge in [-0.1, -0.05) is 0 Å². The van der Waals surface area contributed by atoms with Crippen LogP contribution < -0.4 is 0 Å². The van der Waals surface area contributed by atoms with E-state index in [-0.39, 0.29) is 17.9 Å². The Morgan fingerprint density at radius 1 is 1.71 bits per heavy atom. The molecule has 0 bridgehead atoms. The molecule has 1 aliphatic heterocycles. The molecule has 1 aromatic heterocycles. The summed E-state index contributed by atoms with van der Waals surface area (Å²) in [6, 6.07) is 0.163. The summed E-state index contributed by atoms with van der Waals surface area (Å²) in [5.74, 6) is 1.72. The van der Waals surface area contributed by atoms with Gasteiger partial charge in [0.2, 0.25) is 5.78 Å². The summed E-state index contributed by atoms with van der Waals surface area (Å²) >= 11 is 5.14. The molecule has 2 rings (SSSR count). The monoisotopic (exact) mass is 318 g/mol. The van der Waals surface area contributed by atoms with Crippen molar-refractivity contribution in [3.8, 4) is 0 Å². The molecule has 4 nitrogen and oxygen atoms in total. The van der Waals surface area contributed by atoms with Crippen LogP contribution in [-0.4, -0.2) is 39.8 Å². The highest BCUT2D eigenvalue weighted by Crippen LogP contribution is 2.24. The van der Waals surface area contributed by atoms with Crippen molar-refractivity contribution < 1.29 is 9.53 Å². The van der Waals surface area contributed by atoms with Gasteiger partial charge in [-0.15, -0.1) is 0 Å². The topological polar surface area (TPSA) is 44.1 Å². The van der Waals surface area contributed by atoms with E-state index >= 15 is 0 Å². The van der Waals surface area contributed by atoms with Gasteiger partial charge in [-0.05, 0) is 29.8 Å². The molecule has 0 aliphatic carbocycles. The van der Waals surface area contributed by atoms with E-state index in [0.717, 1.165) is 16.0 Å². The minimum atomic E-state index is -0.334. The van der Waals surface area contributed by atoms with Crippen LogP contribution in [0, 0.1) is 0 Å². The molecule has 1 fully saturated rings. The van der Waals surface area contributed by atoms with Gasteiger partial charge in [0.1, 0.15) is 11.8 Å². The van der Waals surface area contributed by atoms with Crippen molar-refractivity contribution in [2.24, 2.45) is 0 Å². The van der Waals surface area contributed by atoms with Crippen molar-refractivity contribution in [3.05, 3.63) is 16.4 Å². The molecule has 0 aromatic carbocycles. The normalized spacial score (nSPS) is 20.8. The lowest BCUT2D eigenvalue weighted by Crippen LogP contribution is -2.33. The Kier molecular flexibility index (Phi) is 4.27. The first-order valence-electron chi connectivity index (χ1n) is 5.58. The van der Waals surface area contributed by atoms with Crippen LogP contribution in [0.25, 0.3) is 0 Å². The Morgan fingerprint density at radius 2 is 2.47 bits per heavy atom. The fourth-order valence-electron chi connectivity index (χ4n) is 1.75. The van der Waals surface area contributed by atoms with Crippen LogP contribution in [0.2, 0.25) is 0 Å². The smallest absolute Gasteiger partial charge is 0.211 e. The number of hydrogen-bond donors (Lipinski definition) is 0. The maximum atomic E-state index is 12.4. The van der Waals surface area contributed by atoms with E-state index in [2.05, 4.69) is 21.0 Å². The number of carbonyl (C=O) groups is 1. The number of carbonyl (C=O) groups excluding carboxylic acids is 1. The van der Waals surface area contributed by atoms with E-state index in [1.807, 2.05) is 13.8 Å². The second-order valence-corrected chi connectivity index (χ2v) is 6.18. The first kappa shape index (κ1) is 13.1. The molecule has 17 heavy (non-hydrogen) atoms. The lowest BCUT2D eigenvalue weighted by molar-refractivity contribution is 0.0506. The van der Waals surface area contributed by atoms with E-state index < -0.39 is 0 Å². The zero-order chi connectivity index (χ0) is 12.4.